The van der Waals surface area contributed by atoms with Crippen molar-refractivity contribution in [3.63, 3.8) is 0 Å². The van der Waals surface area contributed by atoms with Gasteiger partial charge in [0.25, 0.3) is 0 Å². The van der Waals surface area contributed by atoms with Gasteiger partial charge in [0.15, 0.2) is 0 Å². The number of hydrogen-bond donors (Lipinski definition) is 1. The summed E-state index contributed by atoms with van der Waals surface area (Å²) in [6.07, 6.45) is 1.72. The lowest BCUT2D eigenvalue weighted by Crippen LogP contribution is -2.25. The Balaban J connectivity index is 3.31. The van der Waals surface area contributed by atoms with E-state index in [-0.39, 0.29) is 5.41 Å². The summed E-state index contributed by atoms with van der Waals surface area (Å²) < 4.78 is 0. The lowest BCUT2D eigenvalue weighted by molar-refractivity contribution is 0.0717. The Labute approximate surface area is 86.0 Å². The fourth-order valence-electron chi connectivity index (χ4n) is 1.50. The van der Waals surface area contributed by atoms with E-state index >= 15 is 0 Å². The minimum Gasteiger partial charge on any atom is -0.384 e. The lowest BCUT2D eigenvalue weighted by atomic mass is 9.82. The van der Waals surface area contributed by atoms with Crippen molar-refractivity contribution in [3.8, 4) is 0 Å². The Morgan fingerprint density at radius 3 is 2.07 bits per heavy atom. The first-order chi connectivity index (χ1) is 6.23. The van der Waals surface area contributed by atoms with Crippen LogP contribution in [0.15, 0.2) is 18.3 Å². The monoisotopic (exact) mass is 193 g/mol. The Morgan fingerprint density at radius 2 is 1.71 bits per heavy atom. The molecule has 1 heterocycles. The van der Waals surface area contributed by atoms with Gasteiger partial charge in [0.2, 0.25) is 0 Å². The predicted molar refractivity (Wildman–Crippen MR) is 58.2 cm³/mol. The first kappa shape index (κ1) is 11.2. The van der Waals surface area contributed by atoms with Crippen molar-refractivity contribution in [2.75, 3.05) is 0 Å². The number of nitrogens with zero attached hydrogens (tertiary/aromatic N) is 1. The van der Waals surface area contributed by atoms with Crippen molar-refractivity contribution < 1.29 is 5.11 Å². The van der Waals surface area contributed by atoms with Gasteiger partial charge >= 0.3 is 0 Å². The molecule has 1 rings (SSSR count). The Hall–Kier alpha value is -0.890. The van der Waals surface area contributed by atoms with E-state index in [1.165, 1.54) is 0 Å². The number of hydrogen-bond acceptors (Lipinski definition) is 2. The molecular formula is C12H19NO. The highest BCUT2D eigenvalue weighted by atomic mass is 16.3. The SMILES string of the molecule is CC(C)(C)c1cccnc1C(C)(C)O. The lowest BCUT2D eigenvalue weighted by Gasteiger charge is -2.27. The van der Waals surface area contributed by atoms with Gasteiger partial charge < -0.3 is 5.11 Å². The van der Waals surface area contributed by atoms with Crippen LogP contribution in [0.25, 0.3) is 0 Å². The zero-order valence-electron chi connectivity index (χ0n) is 9.63. The van der Waals surface area contributed by atoms with E-state index in [9.17, 15) is 5.11 Å². The van der Waals surface area contributed by atoms with E-state index in [1.807, 2.05) is 12.1 Å². The molecule has 1 aromatic rings. The Morgan fingerprint density at radius 1 is 1.14 bits per heavy atom. The summed E-state index contributed by atoms with van der Waals surface area (Å²) in [5, 5.41) is 9.97. The van der Waals surface area contributed by atoms with Crippen LogP contribution in [0, 0.1) is 0 Å². The van der Waals surface area contributed by atoms with Crippen molar-refractivity contribution in [2.45, 2.75) is 45.6 Å². The van der Waals surface area contributed by atoms with Gasteiger partial charge in [-0.25, -0.2) is 0 Å². The Bertz CT molecular complexity index is 285. The van der Waals surface area contributed by atoms with Crippen molar-refractivity contribution in [2.24, 2.45) is 0 Å². The van der Waals surface area contributed by atoms with E-state index in [0.29, 0.717) is 0 Å². The maximum Gasteiger partial charge on any atom is 0.101 e. The number of aromatic nitrogens is 1. The molecule has 0 aliphatic heterocycles. The highest BCUT2D eigenvalue weighted by molar-refractivity contribution is 5.30. The summed E-state index contributed by atoms with van der Waals surface area (Å²) in [5.41, 5.74) is 1.02. The molecule has 78 valence electrons. The van der Waals surface area contributed by atoms with Gasteiger partial charge in [0.05, 0.1) is 5.69 Å². The second-order valence-corrected chi connectivity index (χ2v) is 5.21. The molecule has 1 N–H and O–H groups in total. The first-order valence-electron chi connectivity index (χ1n) is 4.91. The molecule has 0 amide bonds. The maximum atomic E-state index is 9.97. The standard InChI is InChI=1S/C12H19NO/c1-11(2,3)9-7-6-8-13-10(9)12(4,5)14/h6-8,14H,1-5H3. The molecule has 14 heavy (non-hydrogen) atoms. The van der Waals surface area contributed by atoms with Gasteiger partial charge in [-0.2, -0.15) is 0 Å². The molecule has 0 aliphatic carbocycles. The zero-order chi connectivity index (χ0) is 11.0. The topological polar surface area (TPSA) is 33.1 Å². The molecule has 0 atom stereocenters. The van der Waals surface area contributed by atoms with Gasteiger partial charge in [-0.1, -0.05) is 26.8 Å². The molecule has 0 aromatic carbocycles. The third kappa shape index (κ3) is 2.32. The number of aliphatic hydroxyl groups is 1. The van der Waals surface area contributed by atoms with Gasteiger partial charge in [-0.05, 0) is 30.9 Å². The van der Waals surface area contributed by atoms with Crippen LogP contribution in [0.1, 0.15) is 45.9 Å². The number of rotatable bonds is 1. The Kier molecular flexibility index (Phi) is 2.68. The molecule has 0 fully saturated rings. The van der Waals surface area contributed by atoms with E-state index < -0.39 is 5.60 Å². The average Bonchev–Trinajstić information content (AvgIpc) is 2.01. The van der Waals surface area contributed by atoms with Crippen LogP contribution >= 0.6 is 0 Å². The highest BCUT2D eigenvalue weighted by Gasteiger charge is 2.27. The van der Waals surface area contributed by atoms with Crippen LogP contribution in [0.2, 0.25) is 0 Å². The third-order valence-corrected chi connectivity index (χ3v) is 2.20. The summed E-state index contributed by atoms with van der Waals surface area (Å²) >= 11 is 0. The van der Waals surface area contributed by atoms with E-state index in [2.05, 4.69) is 25.8 Å². The molecule has 0 saturated carbocycles. The molecule has 0 unspecified atom stereocenters. The molecule has 0 bridgehead atoms. The van der Waals surface area contributed by atoms with Crippen LogP contribution in [0.4, 0.5) is 0 Å². The van der Waals surface area contributed by atoms with Gasteiger partial charge in [-0.15, -0.1) is 0 Å². The predicted octanol–water partition coefficient (Wildman–Crippen LogP) is 2.61. The molecule has 0 spiro atoms. The summed E-state index contributed by atoms with van der Waals surface area (Å²) in [5.74, 6) is 0. The largest absolute Gasteiger partial charge is 0.384 e. The van der Waals surface area contributed by atoms with Crippen molar-refractivity contribution in [1.82, 2.24) is 4.98 Å². The molecule has 0 aliphatic rings. The van der Waals surface area contributed by atoms with Crippen molar-refractivity contribution >= 4 is 0 Å². The van der Waals surface area contributed by atoms with Gasteiger partial charge in [0.1, 0.15) is 5.60 Å². The molecule has 2 nitrogen and oxygen atoms in total. The second kappa shape index (κ2) is 3.35. The van der Waals surface area contributed by atoms with E-state index in [1.54, 1.807) is 20.0 Å². The molecule has 0 radical (unpaired) electrons. The van der Waals surface area contributed by atoms with Crippen LogP contribution in [-0.4, -0.2) is 10.1 Å². The molecular weight excluding hydrogens is 174 g/mol. The molecule has 0 saturated heterocycles. The summed E-state index contributed by atoms with van der Waals surface area (Å²) in [6, 6.07) is 3.94. The van der Waals surface area contributed by atoms with Crippen molar-refractivity contribution in [3.05, 3.63) is 29.6 Å². The first-order valence-corrected chi connectivity index (χ1v) is 4.91. The maximum absolute atomic E-state index is 9.97. The third-order valence-electron chi connectivity index (χ3n) is 2.20. The van der Waals surface area contributed by atoms with Gasteiger partial charge in [0, 0.05) is 6.20 Å². The van der Waals surface area contributed by atoms with Crippen LogP contribution in [0.5, 0.6) is 0 Å². The smallest absolute Gasteiger partial charge is 0.101 e. The minimum absolute atomic E-state index is 0.0175. The minimum atomic E-state index is -0.871. The zero-order valence-corrected chi connectivity index (χ0v) is 9.63. The van der Waals surface area contributed by atoms with Crippen LogP contribution in [0.3, 0.4) is 0 Å². The average molecular weight is 193 g/mol. The summed E-state index contributed by atoms with van der Waals surface area (Å²) in [7, 11) is 0. The highest BCUT2D eigenvalue weighted by Crippen LogP contribution is 2.30. The fourth-order valence-corrected chi connectivity index (χ4v) is 1.50. The van der Waals surface area contributed by atoms with E-state index in [0.717, 1.165) is 11.3 Å². The molecule has 2 heteroatoms. The van der Waals surface area contributed by atoms with Crippen molar-refractivity contribution in [1.29, 1.82) is 0 Å². The van der Waals surface area contributed by atoms with Crippen LogP contribution < -0.4 is 0 Å². The number of pyridine rings is 1. The fraction of sp³-hybridized carbons (Fsp3) is 0.583. The second-order valence-electron chi connectivity index (χ2n) is 5.21. The van der Waals surface area contributed by atoms with Gasteiger partial charge in [-0.3, -0.25) is 4.98 Å². The summed E-state index contributed by atoms with van der Waals surface area (Å²) in [6.45, 7) is 9.91. The normalized spacial score (nSPS) is 13.0. The quantitative estimate of drug-likeness (QED) is 0.743. The van der Waals surface area contributed by atoms with E-state index in [4.69, 9.17) is 0 Å². The molecule has 1 aromatic heterocycles. The summed E-state index contributed by atoms with van der Waals surface area (Å²) in [4.78, 5) is 4.27. The van der Waals surface area contributed by atoms with Crippen LogP contribution in [-0.2, 0) is 11.0 Å².